The van der Waals surface area contributed by atoms with Crippen LogP contribution in [0.15, 0.2) is 28.3 Å². The second kappa shape index (κ2) is 5.52. The number of aryl methyl sites for hydroxylation is 1. The normalized spacial score (nSPS) is 12.5. The summed E-state index contributed by atoms with van der Waals surface area (Å²) in [6, 6.07) is 1.66. The van der Waals surface area contributed by atoms with Crippen molar-refractivity contribution in [3.05, 3.63) is 24.5 Å². The van der Waals surface area contributed by atoms with Gasteiger partial charge in [-0.05, 0) is 13.8 Å². The summed E-state index contributed by atoms with van der Waals surface area (Å²) in [5, 5.41) is 6.74. The number of anilines is 1. The summed E-state index contributed by atoms with van der Waals surface area (Å²) in [5.41, 5.74) is 1.30. The number of imidazole rings is 1. The molecule has 0 bridgehead atoms. The lowest BCUT2D eigenvalue weighted by Gasteiger charge is -2.09. The van der Waals surface area contributed by atoms with E-state index in [-0.39, 0.29) is 11.2 Å². The van der Waals surface area contributed by atoms with Crippen molar-refractivity contribution in [1.29, 1.82) is 0 Å². The molecule has 0 saturated heterocycles. The highest BCUT2D eigenvalue weighted by molar-refractivity contribution is 8.00. The third kappa shape index (κ3) is 2.87. The smallest absolute Gasteiger partial charge is 0.238 e. The van der Waals surface area contributed by atoms with Crippen LogP contribution < -0.4 is 5.32 Å². The SMILES string of the molecule is Cc1cc(NC(=O)C(C)Sc2ncnc3nc[nH]c23)no1. The number of hydrogen-bond donors (Lipinski definition) is 2. The van der Waals surface area contributed by atoms with E-state index in [1.165, 1.54) is 18.1 Å². The van der Waals surface area contributed by atoms with Gasteiger partial charge in [-0.1, -0.05) is 16.9 Å². The van der Waals surface area contributed by atoms with Crippen molar-refractivity contribution in [3.63, 3.8) is 0 Å². The Morgan fingerprint density at radius 1 is 1.43 bits per heavy atom. The van der Waals surface area contributed by atoms with E-state index in [9.17, 15) is 4.79 Å². The fourth-order valence-corrected chi connectivity index (χ4v) is 2.58. The minimum Gasteiger partial charge on any atom is -0.360 e. The van der Waals surface area contributed by atoms with Crippen LogP contribution in [-0.2, 0) is 4.79 Å². The third-order valence-corrected chi connectivity index (χ3v) is 3.83. The Kier molecular flexibility index (Phi) is 3.57. The van der Waals surface area contributed by atoms with Crippen LogP contribution in [0.2, 0.25) is 0 Å². The lowest BCUT2D eigenvalue weighted by atomic mass is 10.4. The number of amides is 1. The van der Waals surface area contributed by atoms with Crippen LogP contribution in [0.1, 0.15) is 12.7 Å². The molecule has 0 aliphatic carbocycles. The van der Waals surface area contributed by atoms with Crippen molar-refractivity contribution in [3.8, 4) is 0 Å². The fourth-order valence-electron chi connectivity index (χ4n) is 1.71. The number of carbonyl (C=O) groups is 1. The molecule has 0 aromatic carbocycles. The molecule has 0 spiro atoms. The Morgan fingerprint density at radius 3 is 3.05 bits per heavy atom. The van der Waals surface area contributed by atoms with Gasteiger partial charge in [0.25, 0.3) is 0 Å². The van der Waals surface area contributed by atoms with Gasteiger partial charge in [-0.3, -0.25) is 4.79 Å². The molecule has 3 heterocycles. The summed E-state index contributed by atoms with van der Waals surface area (Å²) in [6.07, 6.45) is 2.98. The van der Waals surface area contributed by atoms with Gasteiger partial charge in [-0.25, -0.2) is 15.0 Å². The summed E-state index contributed by atoms with van der Waals surface area (Å²) in [6.45, 7) is 3.55. The summed E-state index contributed by atoms with van der Waals surface area (Å²) < 4.78 is 4.91. The predicted molar refractivity (Wildman–Crippen MR) is 76.9 cm³/mol. The molecule has 0 aliphatic heterocycles. The zero-order valence-corrected chi connectivity index (χ0v) is 12.1. The van der Waals surface area contributed by atoms with Crippen LogP contribution >= 0.6 is 11.8 Å². The lowest BCUT2D eigenvalue weighted by Crippen LogP contribution is -2.22. The standard InChI is InChI=1S/C12H12N6O2S/c1-6-3-8(18-20-6)17-11(19)7(2)21-12-9-10(14-4-13-9)15-5-16-12/h3-5,7H,1-2H3,(H,17,18,19)(H,13,14,15,16). The highest BCUT2D eigenvalue weighted by atomic mass is 32.2. The van der Waals surface area contributed by atoms with Gasteiger partial charge in [-0.15, -0.1) is 0 Å². The van der Waals surface area contributed by atoms with Gasteiger partial charge < -0.3 is 14.8 Å². The number of fused-ring (bicyclic) bond motifs is 1. The van der Waals surface area contributed by atoms with Gasteiger partial charge in [0.15, 0.2) is 11.5 Å². The number of nitrogens with zero attached hydrogens (tertiary/aromatic N) is 4. The van der Waals surface area contributed by atoms with Crippen LogP contribution in [0.5, 0.6) is 0 Å². The topological polar surface area (TPSA) is 110 Å². The Labute approximate surface area is 123 Å². The van der Waals surface area contributed by atoms with E-state index in [4.69, 9.17) is 4.52 Å². The Hall–Kier alpha value is -2.42. The molecule has 0 fully saturated rings. The van der Waals surface area contributed by atoms with Crippen LogP contribution in [0.4, 0.5) is 5.82 Å². The van der Waals surface area contributed by atoms with Crippen LogP contribution in [0.3, 0.4) is 0 Å². The number of hydrogen-bond acceptors (Lipinski definition) is 7. The molecule has 0 radical (unpaired) electrons. The lowest BCUT2D eigenvalue weighted by molar-refractivity contribution is -0.115. The molecular formula is C12H12N6O2S. The van der Waals surface area contributed by atoms with Crippen molar-refractivity contribution >= 4 is 34.7 Å². The van der Waals surface area contributed by atoms with E-state index in [0.717, 1.165) is 5.52 Å². The molecule has 0 saturated carbocycles. The van der Waals surface area contributed by atoms with Gasteiger partial charge in [0.2, 0.25) is 5.91 Å². The zero-order chi connectivity index (χ0) is 14.8. The van der Waals surface area contributed by atoms with Crippen molar-refractivity contribution in [1.82, 2.24) is 25.1 Å². The first-order valence-corrected chi connectivity index (χ1v) is 7.06. The molecule has 1 unspecified atom stereocenters. The molecule has 9 heteroatoms. The largest absolute Gasteiger partial charge is 0.360 e. The van der Waals surface area contributed by atoms with Crippen molar-refractivity contribution in [2.24, 2.45) is 0 Å². The number of carbonyl (C=O) groups excluding carboxylic acids is 1. The molecule has 1 amide bonds. The molecule has 3 rings (SSSR count). The molecule has 2 N–H and O–H groups in total. The fraction of sp³-hybridized carbons (Fsp3) is 0.250. The first-order valence-electron chi connectivity index (χ1n) is 6.18. The minimum atomic E-state index is -0.358. The maximum Gasteiger partial charge on any atom is 0.238 e. The van der Waals surface area contributed by atoms with Crippen molar-refractivity contribution < 1.29 is 9.32 Å². The predicted octanol–water partition coefficient (Wildman–Crippen LogP) is 1.77. The van der Waals surface area contributed by atoms with Crippen molar-refractivity contribution in [2.45, 2.75) is 24.1 Å². The number of rotatable bonds is 4. The van der Waals surface area contributed by atoms with Crippen molar-refractivity contribution in [2.75, 3.05) is 5.32 Å². The molecule has 21 heavy (non-hydrogen) atoms. The van der Waals surface area contributed by atoms with Crippen LogP contribution in [0, 0.1) is 6.92 Å². The number of aromatic amines is 1. The monoisotopic (exact) mass is 304 g/mol. The first-order chi connectivity index (χ1) is 10.1. The van der Waals surface area contributed by atoms with Gasteiger partial charge >= 0.3 is 0 Å². The Morgan fingerprint density at radius 2 is 2.29 bits per heavy atom. The third-order valence-electron chi connectivity index (χ3n) is 2.73. The number of thioether (sulfide) groups is 1. The minimum absolute atomic E-state index is 0.181. The second-order valence-electron chi connectivity index (χ2n) is 4.35. The second-order valence-corrected chi connectivity index (χ2v) is 5.68. The average molecular weight is 304 g/mol. The average Bonchev–Trinajstić information content (AvgIpc) is 3.08. The molecule has 8 nitrogen and oxygen atoms in total. The van der Waals surface area contributed by atoms with E-state index < -0.39 is 0 Å². The quantitative estimate of drug-likeness (QED) is 0.558. The summed E-state index contributed by atoms with van der Waals surface area (Å²) in [4.78, 5) is 27.4. The van der Waals surface area contributed by atoms with E-state index >= 15 is 0 Å². The zero-order valence-electron chi connectivity index (χ0n) is 11.3. The van der Waals surface area contributed by atoms with Gasteiger partial charge in [0, 0.05) is 6.07 Å². The highest BCUT2D eigenvalue weighted by Crippen LogP contribution is 2.26. The molecule has 1 atom stereocenters. The van der Waals surface area contributed by atoms with Gasteiger partial charge in [-0.2, -0.15) is 0 Å². The van der Waals surface area contributed by atoms with Gasteiger partial charge in [0.1, 0.15) is 22.6 Å². The van der Waals surface area contributed by atoms with Gasteiger partial charge in [0.05, 0.1) is 11.6 Å². The summed E-state index contributed by atoms with van der Waals surface area (Å²) in [5.74, 6) is 0.861. The van der Waals surface area contributed by atoms with E-state index in [1.807, 2.05) is 0 Å². The van der Waals surface area contributed by atoms with E-state index in [2.05, 4.69) is 30.4 Å². The number of aromatic nitrogens is 5. The molecule has 108 valence electrons. The molecular weight excluding hydrogens is 292 g/mol. The maximum absolute atomic E-state index is 12.1. The summed E-state index contributed by atoms with van der Waals surface area (Å²) in [7, 11) is 0. The van der Waals surface area contributed by atoms with E-state index in [1.54, 1.807) is 26.2 Å². The maximum atomic E-state index is 12.1. The number of H-pyrrole nitrogens is 1. The molecule has 3 aromatic rings. The first kappa shape index (κ1) is 13.6. The van der Waals surface area contributed by atoms with Crippen LogP contribution in [-0.4, -0.2) is 36.2 Å². The molecule has 0 aliphatic rings. The molecule has 3 aromatic heterocycles. The number of nitrogens with one attached hydrogen (secondary N) is 2. The highest BCUT2D eigenvalue weighted by Gasteiger charge is 2.18. The summed E-state index contributed by atoms with van der Waals surface area (Å²) >= 11 is 1.32. The Balaban J connectivity index is 1.72. The Bertz CT molecular complexity index is 783. The van der Waals surface area contributed by atoms with Crippen LogP contribution in [0.25, 0.3) is 11.2 Å². The van der Waals surface area contributed by atoms with E-state index in [0.29, 0.717) is 22.3 Å².